The van der Waals surface area contributed by atoms with Crippen LogP contribution in [0.1, 0.15) is 0 Å². The van der Waals surface area contributed by atoms with E-state index in [-0.39, 0.29) is 29.8 Å². The Morgan fingerprint density at radius 1 is 1.42 bits per heavy atom. The zero-order valence-electron chi connectivity index (χ0n) is 10.4. The first-order valence-corrected chi connectivity index (χ1v) is 6.89. The zero-order valence-corrected chi connectivity index (χ0v) is 11.2. The molecule has 0 amide bonds. The minimum Gasteiger partial charge on any atom is -0.363 e. The Hall–Kier alpha value is -2.01. The summed E-state index contributed by atoms with van der Waals surface area (Å²) in [5.74, 6) is -0.0558. The maximum Gasteiger partial charge on any atom is 0.329 e. The van der Waals surface area contributed by atoms with Gasteiger partial charge in [0, 0.05) is 13.6 Å². The summed E-state index contributed by atoms with van der Waals surface area (Å²) in [4.78, 5) is 17.7. The van der Waals surface area contributed by atoms with Crippen LogP contribution in [0.4, 0.5) is 17.5 Å². The van der Waals surface area contributed by atoms with E-state index in [0.29, 0.717) is 0 Å². The molecule has 0 aliphatic heterocycles. The second kappa shape index (κ2) is 6.24. The van der Waals surface area contributed by atoms with E-state index in [4.69, 9.17) is 0 Å². The Labute approximate surface area is 109 Å². The van der Waals surface area contributed by atoms with Crippen LogP contribution in [0.15, 0.2) is 6.20 Å². The lowest BCUT2D eigenvalue weighted by Crippen LogP contribution is -2.26. The Bertz CT molecular complexity index is 560. The van der Waals surface area contributed by atoms with E-state index in [1.807, 2.05) is 0 Å². The molecule has 1 aromatic rings. The molecule has 10 nitrogen and oxygen atoms in total. The normalized spacial score (nSPS) is 11.1. The molecule has 3 N–H and O–H groups in total. The lowest BCUT2D eigenvalue weighted by Gasteiger charge is -2.07. The zero-order chi connectivity index (χ0) is 14.5. The maximum absolute atomic E-state index is 11.2. The second-order valence-electron chi connectivity index (χ2n) is 3.38. The first-order valence-electron chi connectivity index (χ1n) is 5.24. The second-order valence-corrected chi connectivity index (χ2v) is 5.43. The van der Waals surface area contributed by atoms with E-state index >= 15 is 0 Å². The van der Waals surface area contributed by atoms with Crippen molar-refractivity contribution >= 4 is 27.5 Å². The third-order valence-corrected chi connectivity index (χ3v) is 3.53. The Kier molecular flexibility index (Phi) is 4.94. The van der Waals surface area contributed by atoms with Gasteiger partial charge in [0.15, 0.2) is 0 Å². The first-order chi connectivity index (χ1) is 8.89. The predicted octanol–water partition coefficient (Wildman–Crippen LogP) is -0.612. The van der Waals surface area contributed by atoms with Crippen molar-refractivity contribution in [1.82, 2.24) is 14.7 Å². The van der Waals surface area contributed by atoms with Gasteiger partial charge in [-0.1, -0.05) is 0 Å². The van der Waals surface area contributed by atoms with Gasteiger partial charge in [-0.3, -0.25) is 10.1 Å². The van der Waals surface area contributed by atoms with E-state index in [2.05, 4.69) is 25.3 Å². The highest BCUT2D eigenvalue weighted by atomic mass is 32.2. The van der Waals surface area contributed by atoms with Crippen molar-refractivity contribution < 1.29 is 13.3 Å². The van der Waals surface area contributed by atoms with Crippen molar-refractivity contribution in [3.63, 3.8) is 0 Å². The SMILES string of the molecule is CNc1ncc([N+](=O)[O-])c(NCCS(=O)(=O)NC)n1. The number of nitro groups is 1. The number of nitrogens with one attached hydrogen (secondary N) is 3. The van der Waals surface area contributed by atoms with Gasteiger partial charge < -0.3 is 10.6 Å². The van der Waals surface area contributed by atoms with Crippen LogP contribution in [-0.2, 0) is 10.0 Å². The summed E-state index contributed by atoms with van der Waals surface area (Å²) >= 11 is 0. The van der Waals surface area contributed by atoms with Crippen molar-refractivity contribution in [1.29, 1.82) is 0 Å². The standard InChI is InChI=1S/C8H14N6O4S/c1-9-8-12-5-6(14(15)16)7(13-8)11-3-4-19(17,18)10-2/h5,10H,3-4H2,1-2H3,(H2,9,11,12,13). The lowest BCUT2D eigenvalue weighted by molar-refractivity contribution is -0.384. The topological polar surface area (TPSA) is 139 Å². The fourth-order valence-electron chi connectivity index (χ4n) is 1.17. The molecule has 0 saturated carbocycles. The Morgan fingerprint density at radius 2 is 2.11 bits per heavy atom. The van der Waals surface area contributed by atoms with Crippen LogP contribution in [0.2, 0.25) is 0 Å². The van der Waals surface area contributed by atoms with Gasteiger partial charge >= 0.3 is 5.69 Å². The minimum atomic E-state index is -3.38. The fraction of sp³-hybridized carbons (Fsp3) is 0.500. The number of hydrogen-bond donors (Lipinski definition) is 3. The molecule has 1 heterocycles. The minimum absolute atomic E-state index is 0.00974. The molecule has 1 rings (SSSR count). The molecule has 0 fully saturated rings. The molecule has 0 radical (unpaired) electrons. The molecule has 11 heteroatoms. The summed E-state index contributed by atoms with van der Waals surface area (Å²) in [6.45, 7) is -0.00974. The number of aromatic nitrogens is 2. The average molecular weight is 290 g/mol. The highest BCUT2D eigenvalue weighted by Crippen LogP contribution is 2.21. The van der Waals surface area contributed by atoms with Gasteiger partial charge in [0.05, 0.1) is 10.7 Å². The number of rotatable bonds is 7. The molecule has 0 spiro atoms. The molecule has 106 valence electrons. The molecular weight excluding hydrogens is 276 g/mol. The molecule has 1 aromatic heterocycles. The lowest BCUT2D eigenvalue weighted by atomic mass is 10.4. The Balaban J connectivity index is 2.84. The van der Waals surface area contributed by atoms with Gasteiger partial charge in [-0.25, -0.2) is 18.1 Å². The van der Waals surface area contributed by atoms with Crippen LogP contribution in [0.5, 0.6) is 0 Å². The third kappa shape index (κ3) is 4.30. The van der Waals surface area contributed by atoms with Gasteiger partial charge in [-0.05, 0) is 7.05 Å². The number of sulfonamides is 1. The van der Waals surface area contributed by atoms with E-state index < -0.39 is 14.9 Å². The average Bonchev–Trinajstić information content (AvgIpc) is 2.38. The summed E-state index contributed by atoms with van der Waals surface area (Å²) in [5.41, 5.74) is -0.319. The van der Waals surface area contributed by atoms with Gasteiger partial charge in [-0.2, -0.15) is 4.98 Å². The number of anilines is 2. The molecule has 0 bridgehead atoms. The summed E-state index contributed by atoms with van der Waals surface area (Å²) < 4.78 is 24.5. The highest BCUT2D eigenvalue weighted by Gasteiger charge is 2.17. The molecule has 0 aliphatic rings. The van der Waals surface area contributed by atoms with Crippen LogP contribution in [0.25, 0.3) is 0 Å². The smallest absolute Gasteiger partial charge is 0.329 e. The van der Waals surface area contributed by atoms with Crippen LogP contribution in [0.3, 0.4) is 0 Å². The molecule has 0 aromatic carbocycles. The third-order valence-electron chi connectivity index (χ3n) is 2.16. The van der Waals surface area contributed by atoms with Crippen LogP contribution in [-0.4, -0.2) is 49.7 Å². The van der Waals surface area contributed by atoms with Crippen molar-refractivity contribution in [2.75, 3.05) is 37.0 Å². The summed E-state index contributed by atoms with van der Waals surface area (Å²) in [7, 11) is -0.521. The quantitative estimate of drug-likeness (QED) is 0.446. The van der Waals surface area contributed by atoms with E-state index in [9.17, 15) is 18.5 Å². The van der Waals surface area contributed by atoms with Crippen LogP contribution >= 0.6 is 0 Å². The van der Waals surface area contributed by atoms with Gasteiger partial charge in [0.1, 0.15) is 6.20 Å². The maximum atomic E-state index is 11.2. The number of hydrogen-bond acceptors (Lipinski definition) is 8. The van der Waals surface area contributed by atoms with Crippen molar-refractivity contribution in [3.8, 4) is 0 Å². The molecule has 0 saturated heterocycles. The van der Waals surface area contributed by atoms with Crippen LogP contribution < -0.4 is 15.4 Å². The number of nitrogens with zero attached hydrogens (tertiary/aromatic N) is 3. The van der Waals surface area contributed by atoms with Crippen molar-refractivity contribution in [2.45, 2.75) is 0 Å². The van der Waals surface area contributed by atoms with Crippen molar-refractivity contribution in [2.24, 2.45) is 0 Å². The van der Waals surface area contributed by atoms with Crippen LogP contribution in [0, 0.1) is 10.1 Å². The van der Waals surface area contributed by atoms with Crippen molar-refractivity contribution in [3.05, 3.63) is 16.3 Å². The van der Waals surface area contributed by atoms with Gasteiger partial charge in [0.2, 0.25) is 21.8 Å². The highest BCUT2D eigenvalue weighted by molar-refractivity contribution is 7.89. The predicted molar refractivity (Wildman–Crippen MR) is 69.6 cm³/mol. The first kappa shape index (κ1) is 15.0. The summed E-state index contributed by atoms with van der Waals surface area (Å²) in [5, 5.41) is 16.0. The van der Waals surface area contributed by atoms with E-state index in [0.717, 1.165) is 6.20 Å². The van der Waals surface area contributed by atoms with Gasteiger partial charge in [-0.15, -0.1) is 0 Å². The molecule has 0 atom stereocenters. The largest absolute Gasteiger partial charge is 0.363 e. The molecule has 0 unspecified atom stereocenters. The monoisotopic (exact) mass is 290 g/mol. The Morgan fingerprint density at radius 3 is 2.63 bits per heavy atom. The summed E-state index contributed by atoms with van der Waals surface area (Å²) in [6, 6.07) is 0. The molecule has 19 heavy (non-hydrogen) atoms. The van der Waals surface area contributed by atoms with Gasteiger partial charge in [0.25, 0.3) is 0 Å². The summed E-state index contributed by atoms with van der Waals surface area (Å²) in [6.07, 6.45) is 1.05. The van der Waals surface area contributed by atoms with E-state index in [1.165, 1.54) is 7.05 Å². The molecular formula is C8H14N6O4S. The van der Waals surface area contributed by atoms with E-state index in [1.54, 1.807) is 7.05 Å². The molecule has 0 aliphatic carbocycles. The fourth-order valence-corrected chi connectivity index (χ4v) is 1.74.